The lowest BCUT2D eigenvalue weighted by atomic mass is 10.1. The quantitative estimate of drug-likeness (QED) is 0.860. The van der Waals surface area contributed by atoms with Gasteiger partial charge in [-0.1, -0.05) is 19.3 Å². The van der Waals surface area contributed by atoms with Crippen molar-refractivity contribution in [1.29, 1.82) is 0 Å². The van der Waals surface area contributed by atoms with E-state index in [9.17, 15) is 4.79 Å². The Balaban J connectivity index is 2.26. The van der Waals surface area contributed by atoms with Crippen LogP contribution in [0.4, 0.5) is 11.5 Å². The molecule has 0 saturated carbocycles. The Morgan fingerprint density at radius 1 is 1.30 bits per heavy atom. The molecule has 0 aliphatic carbocycles. The fraction of sp³-hybridized carbons (Fsp3) is 0.600. The molecule has 110 valence electrons. The van der Waals surface area contributed by atoms with Gasteiger partial charge in [-0.2, -0.15) is 0 Å². The van der Waals surface area contributed by atoms with Crippen LogP contribution in [-0.4, -0.2) is 30.6 Å². The van der Waals surface area contributed by atoms with Crippen LogP contribution in [0.1, 0.15) is 49.4 Å². The van der Waals surface area contributed by atoms with Crippen molar-refractivity contribution in [3.05, 3.63) is 17.8 Å². The van der Waals surface area contributed by atoms with E-state index in [2.05, 4.69) is 9.88 Å². The second-order valence-electron chi connectivity index (χ2n) is 5.12. The Kier molecular flexibility index (Phi) is 5.21. The van der Waals surface area contributed by atoms with Crippen molar-refractivity contribution < 1.29 is 9.53 Å². The zero-order valence-corrected chi connectivity index (χ0v) is 12.1. The monoisotopic (exact) mass is 277 g/mol. The maximum Gasteiger partial charge on any atom is 0.341 e. The first-order valence-electron chi connectivity index (χ1n) is 7.40. The fourth-order valence-electron chi connectivity index (χ4n) is 2.54. The largest absolute Gasteiger partial charge is 0.462 e. The van der Waals surface area contributed by atoms with Crippen molar-refractivity contribution in [3.63, 3.8) is 0 Å². The molecule has 20 heavy (non-hydrogen) atoms. The third-order valence-electron chi connectivity index (χ3n) is 3.54. The van der Waals surface area contributed by atoms with Gasteiger partial charge < -0.3 is 15.4 Å². The predicted molar refractivity (Wildman–Crippen MR) is 79.9 cm³/mol. The Bertz CT molecular complexity index is 454. The van der Waals surface area contributed by atoms with Gasteiger partial charge in [0.05, 0.1) is 18.5 Å². The van der Waals surface area contributed by atoms with Crippen molar-refractivity contribution >= 4 is 17.5 Å². The number of ether oxygens (including phenoxy) is 1. The minimum atomic E-state index is -0.343. The molecule has 0 atom stereocenters. The Hall–Kier alpha value is -1.78. The number of hydrogen-bond donors (Lipinski definition) is 1. The summed E-state index contributed by atoms with van der Waals surface area (Å²) in [7, 11) is 0. The molecule has 0 unspecified atom stereocenters. The molecule has 0 radical (unpaired) electrons. The molecule has 0 aromatic carbocycles. The number of carbonyl (C=O) groups is 1. The number of nitrogen functional groups attached to an aromatic ring is 1. The number of aromatic nitrogens is 1. The van der Waals surface area contributed by atoms with E-state index in [4.69, 9.17) is 10.5 Å². The predicted octanol–water partition coefficient (Wildman–Crippen LogP) is 2.61. The van der Waals surface area contributed by atoms with E-state index in [1.165, 1.54) is 19.3 Å². The molecule has 1 saturated heterocycles. The van der Waals surface area contributed by atoms with Crippen LogP contribution in [0.25, 0.3) is 0 Å². The molecular weight excluding hydrogens is 254 g/mol. The number of nitrogens with zero attached hydrogens (tertiary/aromatic N) is 2. The van der Waals surface area contributed by atoms with Gasteiger partial charge in [-0.3, -0.25) is 0 Å². The summed E-state index contributed by atoms with van der Waals surface area (Å²) >= 11 is 0. The highest BCUT2D eigenvalue weighted by atomic mass is 16.5. The van der Waals surface area contributed by atoms with Crippen LogP contribution in [0.5, 0.6) is 0 Å². The number of anilines is 2. The third kappa shape index (κ3) is 3.62. The minimum Gasteiger partial charge on any atom is -0.462 e. The lowest BCUT2D eigenvalue weighted by Gasteiger charge is -2.27. The molecule has 5 heteroatoms. The third-order valence-corrected chi connectivity index (χ3v) is 3.54. The average molecular weight is 277 g/mol. The smallest absolute Gasteiger partial charge is 0.341 e. The van der Waals surface area contributed by atoms with Crippen LogP contribution in [0, 0.1) is 0 Å². The van der Waals surface area contributed by atoms with Crippen molar-refractivity contribution in [2.45, 2.75) is 39.0 Å². The first-order valence-corrected chi connectivity index (χ1v) is 7.40. The number of carbonyl (C=O) groups excluding carboxylic acids is 1. The van der Waals surface area contributed by atoms with E-state index in [1.54, 1.807) is 19.2 Å². The zero-order chi connectivity index (χ0) is 14.4. The molecule has 1 aromatic rings. The highest BCUT2D eigenvalue weighted by molar-refractivity contribution is 5.95. The number of pyridine rings is 1. The van der Waals surface area contributed by atoms with Crippen LogP contribution in [0.3, 0.4) is 0 Å². The first kappa shape index (κ1) is 14.6. The van der Waals surface area contributed by atoms with Gasteiger partial charge in [0, 0.05) is 13.1 Å². The summed E-state index contributed by atoms with van der Waals surface area (Å²) in [5, 5.41) is 0. The van der Waals surface area contributed by atoms with Crippen LogP contribution in [0.2, 0.25) is 0 Å². The Morgan fingerprint density at radius 3 is 2.60 bits per heavy atom. The standard InChI is InChI=1S/C15H23N3O2/c1-2-20-15(19)13-10-12(16)11-17-14(13)18-8-6-4-3-5-7-9-18/h10-11H,2-9,16H2,1H3. The molecule has 1 aliphatic rings. The molecule has 2 heterocycles. The average Bonchev–Trinajstić information content (AvgIpc) is 2.39. The molecule has 1 aliphatic heterocycles. The summed E-state index contributed by atoms with van der Waals surface area (Å²) in [6, 6.07) is 1.67. The second-order valence-corrected chi connectivity index (χ2v) is 5.12. The molecule has 0 amide bonds. The van der Waals surface area contributed by atoms with Crippen LogP contribution in [-0.2, 0) is 4.74 Å². The van der Waals surface area contributed by atoms with E-state index in [1.807, 2.05) is 0 Å². The van der Waals surface area contributed by atoms with E-state index in [0.29, 0.717) is 23.7 Å². The van der Waals surface area contributed by atoms with Gasteiger partial charge >= 0.3 is 5.97 Å². The summed E-state index contributed by atoms with van der Waals surface area (Å²) in [6.45, 7) is 4.02. The van der Waals surface area contributed by atoms with Crippen molar-refractivity contribution in [3.8, 4) is 0 Å². The Morgan fingerprint density at radius 2 is 1.95 bits per heavy atom. The molecule has 2 rings (SSSR count). The minimum absolute atomic E-state index is 0.343. The van der Waals surface area contributed by atoms with E-state index in [-0.39, 0.29) is 5.97 Å². The SMILES string of the molecule is CCOC(=O)c1cc(N)cnc1N1CCCCCCC1. The van der Waals surface area contributed by atoms with Gasteiger partial charge in [0.15, 0.2) is 0 Å². The van der Waals surface area contributed by atoms with Crippen LogP contribution in [0.15, 0.2) is 12.3 Å². The summed E-state index contributed by atoms with van der Waals surface area (Å²) in [5.41, 5.74) is 6.73. The van der Waals surface area contributed by atoms with Gasteiger partial charge in [-0.25, -0.2) is 9.78 Å². The van der Waals surface area contributed by atoms with Crippen molar-refractivity contribution in [2.24, 2.45) is 0 Å². The van der Waals surface area contributed by atoms with E-state index < -0.39 is 0 Å². The van der Waals surface area contributed by atoms with Gasteiger partial charge in [-0.05, 0) is 25.8 Å². The van der Waals surface area contributed by atoms with Gasteiger partial charge in [0.2, 0.25) is 0 Å². The summed E-state index contributed by atoms with van der Waals surface area (Å²) < 4.78 is 5.11. The summed E-state index contributed by atoms with van der Waals surface area (Å²) in [5.74, 6) is 0.365. The molecule has 0 bridgehead atoms. The van der Waals surface area contributed by atoms with Gasteiger partial charge in [0.1, 0.15) is 11.4 Å². The van der Waals surface area contributed by atoms with Gasteiger partial charge in [0.25, 0.3) is 0 Å². The van der Waals surface area contributed by atoms with Crippen molar-refractivity contribution in [1.82, 2.24) is 4.98 Å². The highest BCUT2D eigenvalue weighted by Gasteiger charge is 2.20. The number of rotatable bonds is 3. The fourth-order valence-corrected chi connectivity index (χ4v) is 2.54. The lowest BCUT2D eigenvalue weighted by Crippen LogP contribution is -2.30. The van der Waals surface area contributed by atoms with Crippen LogP contribution >= 0.6 is 0 Å². The second kappa shape index (κ2) is 7.12. The van der Waals surface area contributed by atoms with Gasteiger partial charge in [-0.15, -0.1) is 0 Å². The normalized spacial score (nSPS) is 16.4. The summed E-state index contributed by atoms with van der Waals surface area (Å²) in [6.07, 6.45) is 7.65. The maximum absolute atomic E-state index is 12.1. The first-order chi connectivity index (χ1) is 9.72. The Labute approximate surface area is 120 Å². The van der Waals surface area contributed by atoms with E-state index in [0.717, 1.165) is 25.9 Å². The summed E-state index contributed by atoms with van der Waals surface area (Å²) in [4.78, 5) is 18.6. The number of nitrogens with two attached hydrogens (primary N) is 1. The molecule has 1 aromatic heterocycles. The maximum atomic E-state index is 12.1. The molecular formula is C15H23N3O2. The number of hydrogen-bond acceptors (Lipinski definition) is 5. The molecule has 2 N–H and O–H groups in total. The molecule has 1 fully saturated rings. The molecule has 5 nitrogen and oxygen atoms in total. The van der Waals surface area contributed by atoms with Crippen molar-refractivity contribution in [2.75, 3.05) is 30.3 Å². The topological polar surface area (TPSA) is 68.5 Å². The number of esters is 1. The van der Waals surface area contributed by atoms with Crippen LogP contribution < -0.4 is 10.6 Å². The lowest BCUT2D eigenvalue weighted by molar-refractivity contribution is 0.0526. The highest BCUT2D eigenvalue weighted by Crippen LogP contribution is 2.23. The molecule has 0 spiro atoms. The zero-order valence-electron chi connectivity index (χ0n) is 12.1. The van der Waals surface area contributed by atoms with E-state index >= 15 is 0 Å².